The minimum absolute atomic E-state index is 0.230. The Morgan fingerprint density at radius 3 is 2.28 bits per heavy atom. The maximum atomic E-state index is 12.3. The van der Waals surface area contributed by atoms with Crippen molar-refractivity contribution in [1.29, 1.82) is 0 Å². The van der Waals surface area contributed by atoms with Gasteiger partial charge in [0.1, 0.15) is 0 Å². The van der Waals surface area contributed by atoms with Gasteiger partial charge < -0.3 is 5.32 Å². The summed E-state index contributed by atoms with van der Waals surface area (Å²) in [7, 11) is -1.24. The molecule has 1 N–H and O–H groups in total. The highest BCUT2D eigenvalue weighted by molar-refractivity contribution is 7.89. The van der Waals surface area contributed by atoms with Crippen molar-refractivity contribution in [2.45, 2.75) is 63.1 Å². The molecule has 18 heavy (non-hydrogen) atoms. The Labute approximate surface area is 110 Å². The van der Waals surface area contributed by atoms with Crippen molar-refractivity contribution in [1.82, 2.24) is 9.62 Å². The molecule has 2 bridgehead atoms. The van der Waals surface area contributed by atoms with Crippen molar-refractivity contribution in [3.63, 3.8) is 0 Å². The van der Waals surface area contributed by atoms with Gasteiger partial charge in [0.15, 0.2) is 0 Å². The fourth-order valence-corrected chi connectivity index (χ4v) is 4.96. The van der Waals surface area contributed by atoms with Gasteiger partial charge in [0, 0.05) is 25.2 Å². The minimum Gasteiger partial charge on any atom is -0.311 e. The molecule has 3 fully saturated rings. The molecule has 2 saturated heterocycles. The number of hydrogen-bond donors (Lipinski definition) is 1. The van der Waals surface area contributed by atoms with E-state index in [1.807, 2.05) is 0 Å². The molecular formula is C13H24N2O2S. The fraction of sp³-hybridized carbons (Fsp3) is 1.00. The zero-order chi connectivity index (χ0) is 12.8. The molecular weight excluding hydrogens is 248 g/mol. The lowest BCUT2D eigenvalue weighted by Crippen LogP contribution is -2.49. The van der Waals surface area contributed by atoms with Gasteiger partial charge in [-0.25, -0.2) is 12.7 Å². The first-order valence-electron chi connectivity index (χ1n) is 7.26. The van der Waals surface area contributed by atoms with E-state index in [9.17, 15) is 8.42 Å². The smallest absolute Gasteiger partial charge is 0.214 e. The van der Waals surface area contributed by atoms with Crippen LogP contribution in [-0.2, 0) is 10.0 Å². The lowest BCUT2D eigenvalue weighted by atomic mass is 10.0. The normalized spacial score (nSPS) is 36.2. The van der Waals surface area contributed by atoms with Gasteiger partial charge in [0.2, 0.25) is 10.0 Å². The van der Waals surface area contributed by atoms with Crippen LogP contribution in [0.25, 0.3) is 0 Å². The summed E-state index contributed by atoms with van der Waals surface area (Å²) < 4.78 is 26.3. The first-order chi connectivity index (χ1) is 8.54. The Balaban J connectivity index is 1.60. The van der Waals surface area contributed by atoms with E-state index in [0.29, 0.717) is 23.8 Å². The third-order valence-corrected chi connectivity index (χ3v) is 6.81. The topological polar surface area (TPSA) is 49.4 Å². The standard InChI is InChI=1S/C13H24N2O2S/c1-15(18(16,17)7-6-10-2-3-10)13-8-11-4-5-12(9-13)14-11/h10-14H,2-9H2,1H3/t11-,12+,13?. The second kappa shape index (κ2) is 4.76. The molecule has 2 aliphatic heterocycles. The summed E-state index contributed by atoms with van der Waals surface area (Å²) in [5.41, 5.74) is 0. The van der Waals surface area contributed by atoms with E-state index in [1.165, 1.54) is 25.7 Å². The molecule has 0 amide bonds. The molecule has 2 heterocycles. The number of rotatable bonds is 5. The molecule has 3 atom stereocenters. The van der Waals surface area contributed by atoms with Gasteiger partial charge in [0.05, 0.1) is 5.75 Å². The van der Waals surface area contributed by atoms with E-state index in [2.05, 4.69) is 5.32 Å². The van der Waals surface area contributed by atoms with Crippen LogP contribution in [0.5, 0.6) is 0 Å². The zero-order valence-corrected chi connectivity index (χ0v) is 12.0. The minimum atomic E-state index is -3.03. The van der Waals surface area contributed by atoms with E-state index < -0.39 is 10.0 Å². The van der Waals surface area contributed by atoms with Crippen LogP contribution in [0.1, 0.15) is 44.9 Å². The molecule has 3 aliphatic rings. The van der Waals surface area contributed by atoms with E-state index in [1.54, 1.807) is 11.4 Å². The highest BCUT2D eigenvalue weighted by Crippen LogP contribution is 2.34. The Hall–Kier alpha value is -0.130. The molecule has 104 valence electrons. The molecule has 0 aromatic carbocycles. The summed E-state index contributed by atoms with van der Waals surface area (Å²) >= 11 is 0. The third kappa shape index (κ3) is 2.73. The van der Waals surface area contributed by atoms with Gasteiger partial charge in [-0.3, -0.25) is 0 Å². The Bertz CT molecular complexity index is 393. The first kappa shape index (κ1) is 12.9. The van der Waals surface area contributed by atoms with Crippen LogP contribution in [0.15, 0.2) is 0 Å². The van der Waals surface area contributed by atoms with E-state index in [-0.39, 0.29) is 6.04 Å². The van der Waals surface area contributed by atoms with Gasteiger partial charge in [-0.1, -0.05) is 12.8 Å². The fourth-order valence-electron chi connectivity index (χ4n) is 3.42. The summed E-state index contributed by atoms with van der Waals surface area (Å²) in [4.78, 5) is 0. The van der Waals surface area contributed by atoms with Gasteiger partial charge in [-0.2, -0.15) is 0 Å². The average Bonchev–Trinajstić information content (AvgIpc) is 3.12. The van der Waals surface area contributed by atoms with Crippen LogP contribution in [0.4, 0.5) is 0 Å². The van der Waals surface area contributed by atoms with Crippen molar-refractivity contribution >= 4 is 10.0 Å². The number of sulfonamides is 1. The number of hydrogen-bond acceptors (Lipinski definition) is 3. The molecule has 0 aromatic rings. The summed E-state index contributed by atoms with van der Waals surface area (Å²) in [6.07, 6.45) is 7.76. The number of nitrogens with zero attached hydrogens (tertiary/aromatic N) is 1. The second-order valence-corrected chi connectivity index (χ2v) is 8.48. The molecule has 3 rings (SSSR count). The summed E-state index contributed by atoms with van der Waals surface area (Å²) in [5, 5.41) is 3.57. The highest BCUT2D eigenvalue weighted by Gasteiger charge is 2.38. The van der Waals surface area contributed by atoms with E-state index >= 15 is 0 Å². The predicted molar refractivity (Wildman–Crippen MR) is 71.9 cm³/mol. The van der Waals surface area contributed by atoms with E-state index in [4.69, 9.17) is 0 Å². The van der Waals surface area contributed by atoms with Crippen LogP contribution >= 0.6 is 0 Å². The number of fused-ring (bicyclic) bond motifs is 2. The van der Waals surface area contributed by atoms with Crippen LogP contribution in [-0.4, -0.2) is 43.6 Å². The summed E-state index contributed by atoms with van der Waals surface area (Å²) in [6.45, 7) is 0. The van der Waals surface area contributed by atoms with Crippen LogP contribution < -0.4 is 5.32 Å². The van der Waals surface area contributed by atoms with Gasteiger partial charge in [-0.15, -0.1) is 0 Å². The Morgan fingerprint density at radius 1 is 1.11 bits per heavy atom. The number of piperidine rings is 1. The molecule has 4 nitrogen and oxygen atoms in total. The van der Waals surface area contributed by atoms with Crippen molar-refractivity contribution in [2.24, 2.45) is 5.92 Å². The highest BCUT2D eigenvalue weighted by atomic mass is 32.2. The molecule has 0 spiro atoms. The largest absolute Gasteiger partial charge is 0.311 e. The molecule has 0 radical (unpaired) electrons. The first-order valence-corrected chi connectivity index (χ1v) is 8.87. The lowest BCUT2D eigenvalue weighted by Gasteiger charge is -2.34. The van der Waals surface area contributed by atoms with Crippen molar-refractivity contribution in [3.8, 4) is 0 Å². The maximum absolute atomic E-state index is 12.3. The van der Waals surface area contributed by atoms with Crippen LogP contribution in [0.2, 0.25) is 0 Å². The monoisotopic (exact) mass is 272 g/mol. The molecule has 0 aromatic heterocycles. The molecule has 1 aliphatic carbocycles. The summed E-state index contributed by atoms with van der Waals surface area (Å²) in [6, 6.07) is 1.33. The van der Waals surface area contributed by atoms with Crippen molar-refractivity contribution in [3.05, 3.63) is 0 Å². The SMILES string of the molecule is CN(C1C[C@H]2CC[C@@H](C1)N2)S(=O)(=O)CCC1CC1. The molecule has 1 saturated carbocycles. The van der Waals surface area contributed by atoms with Crippen molar-refractivity contribution < 1.29 is 8.42 Å². The Kier molecular flexibility index (Phi) is 3.41. The third-order valence-electron chi connectivity index (χ3n) is 4.88. The quantitative estimate of drug-likeness (QED) is 0.821. The van der Waals surface area contributed by atoms with Crippen molar-refractivity contribution in [2.75, 3.05) is 12.8 Å². The predicted octanol–water partition coefficient (Wildman–Crippen LogP) is 1.33. The average molecular weight is 272 g/mol. The maximum Gasteiger partial charge on any atom is 0.214 e. The zero-order valence-electron chi connectivity index (χ0n) is 11.1. The van der Waals surface area contributed by atoms with Gasteiger partial charge >= 0.3 is 0 Å². The van der Waals surface area contributed by atoms with Crippen LogP contribution in [0, 0.1) is 5.92 Å². The van der Waals surface area contributed by atoms with Gasteiger partial charge in [-0.05, 0) is 38.0 Å². The van der Waals surface area contributed by atoms with Crippen LogP contribution in [0.3, 0.4) is 0 Å². The number of nitrogens with one attached hydrogen (secondary N) is 1. The second-order valence-electron chi connectivity index (χ2n) is 6.33. The van der Waals surface area contributed by atoms with E-state index in [0.717, 1.165) is 19.3 Å². The lowest BCUT2D eigenvalue weighted by molar-refractivity contribution is 0.251. The molecule has 1 unspecified atom stereocenters. The summed E-state index contributed by atoms with van der Waals surface area (Å²) in [5.74, 6) is 1.05. The molecule has 5 heteroatoms. The Morgan fingerprint density at radius 2 is 1.72 bits per heavy atom. The van der Waals surface area contributed by atoms with Gasteiger partial charge in [0.25, 0.3) is 0 Å².